The molecule has 0 bridgehead atoms. The average molecular weight is 256 g/mol. The highest BCUT2D eigenvalue weighted by Gasteiger charge is 2.11. The van der Waals surface area contributed by atoms with Crippen molar-refractivity contribution in [1.29, 1.82) is 0 Å². The number of nitro benzene ring substituents is 1. The lowest BCUT2D eigenvalue weighted by molar-refractivity contribution is -0.385. The van der Waals surface area contributed by atoms with Crippen LogP contribution in [0.3, 0.4) is 0 Å². The summed E-state index contributed by atoms with van der Waals surface area (Å²) in [4.78, 5) is 9.90. The van der Waals surface area contributed by atoms with E-state index in [0.29, 0.717) is 18.0 Å². The van der Waals surface area contributed by atoms with Gasteiger partial charge in [0, 0.05) is 18.3 Å². The second-order valence-corrected chi connectivity index (χ2v) is 4.62. The van der Waals surface area contributed by atoms with Gasteiger partial charge in [-0.05, 0) is 18.4 Å². The van der Waals surface area contributed by atoms with Gasteiger partial charge >= 0.3 is 0 Å². The van der Waals surface area contributed by atoms with Gasteiger partial charge in [-0.25, -0.2) is 4.39 Å². The molecule has 2 N–H and O–H groups in total. The number of aliphatic hydroxyl groups excluding tert-OH is 1. The topological polar surface area (TPSA) is 75.4 Å². The number of anilines is 1. The number of hydrogen-bond acceptors (Lipinski definition) is 4. The van der Waals surface area contributed by atoms with Gasteiger partial charge in [0.25, 0.3) is 5.69 Å². The minimum Gasteiger partial charge on any atom is -0.391 e. The molecule has 0 aromatic heterocycles. The van der Waals surface area contributed by atoms with E-state index in [1.54, 1.807) is 0 Å². The number of nitrogens with one attached hydrogen (secondary N) is 1. The van der Waals surface area contributed by atoms with Crippen molar-refractivity contribution in [3.05, 3.63) is 34.1 Å². The number of rotatable bonds is 6. The van der Waals surface area contributed by atoms with E-state index in [9.17, 15) is 19.6 Å². The largest absolute Gasteiger partial charge is 0.391 e. The molecule has 1 rings (SSSR count). The van der Waals surface area contributed by atoms with Gasteiger partial charge in [0.1, 0.15) is 5.82 Å². The van der Waals surface area contributed by atoms with Crippen molar-refractivity contribution < 1.29 is 14.4 Å². The summed E-state index contributed by atoms with van der Waals surface area (Å²) in [6.45, 7) is 4.20. The number of nitro groups is 1. The predicted molar refractivity (Wildman–Crippen MR) is 67.0 cm³/mol. The fourth-order valence-electron chi connectivity index (χ4n) is 1.64. The third kappa shape index (κ3) is 4.67. The van der Waals surface area contributed by atoms with Gasteiger partial charge in [-0.3, -0.25) is 10.1 Å². The monoisotopic (exact) mass is 256 g/mol. The summed E-state index contributed by atoms with van der Waals surface area (Å²) in [5.74, 6) is -0.325. The molecule has 0 aliphatic heterocycles. The highest BCUT2D eigenvalue weighted by molar-refractivity contribution is 5.51. The Morgan fingerprint density at radius 1 is 1.44 bits per heavy atom. The molecule has 100 valence electrons. The number of halogens is 1. The number of hydrogen-bond donors (Lipinski definition) is 2. The van der Waals surface area contributed by atoms with Crippen molar-refractivity contribution in [3.63, 3.8) is 0 Å². The predicted octanol–water partition coefficient (Wildman–Crippen LogP) is 2.55. The minimum atomic E-state index is -0.676. The summed E-state index contributed by atoms with van der Waals surface area (Å²) in [7, 11) is 0. The van der Waals surface area contributed by atoms with E-state index in [0.717, 1.165) is 12.1 Å². The third-order valence-corrected chi connectivity index (χ3v) is 2.38. The van der Waals surface area contributed by atoms with Crippen LogP contribution in [0.2, 0.25) is 0 Å². The molecule has 0 aliphatic rings. The molecule has 0 aliphatic carbocycles. The van der Waals surface area contributed by atoms with E-state index >= 15 is 0 Å². The van der Waals surface area contributed by atoms with Gasteiger partial charge in [0.05, 0.1) is 17.1 Å². The molecule has 1 aromatic carbocycles. The van der Waals surface area contributed by atoms with Gasteiger partial charge in [0.2, 0.25) is 0 Å². The van der Waals surface area contributed by atoms with Crippen LogP contribution in [0.4, 0.5) is 15.8 Å². The Morgan fingerprint density at radius 3 is 2.67 bits per heavy atom. The van der Waals surface area contributed by atoms with Crippen molar-refractivity contribution in [2.24, 2.45) is 5.92 Å². The quantitative estimate of drug-likeness (QED) is 0.606. The standard InChI is InChI=1S/C12H17FN2O3/c1-8(2)3-12(16)7-14-10-4-9(13)5-11(6-10)15(17)18/h4-6,8,12,14,16H,3,7H2,1-2H3. The zero-order chi connectivity index (χ0) is 13.7. The Bertz CT molecular complexity index is 424. The number of aliphatic hydroxyl groups is 1. The Morgan fingerprint density at radius 2 is 2.11 bits per heavy atom. The smallest absolute Gasteiger partial charge is 0.274 e. The fourth-order valence-corrected chi connectivity index (χ4v) is 1.64. The van der Waals surface area contributed by atoms with Crippen LogP contribution in [0.5, 0.6) is 0 Å². The van der Waals surface area contributed by atoms with Crippen LogP contribution in [0.15, 0.2) is 18.2 Å². The molecule has 1 unspecified atom stereocenters. The Balaban J connectivity index is 2.64. The molecule has 5 nitrogen and oxygen atoms in total. The van der Waals surface area contributed by atoms with Gasteiger partial charge < -0.3 is 10.4 Å². The molecule has 0 amide bonds. The van der Waals surface area contributed by atoms with Crippen LogP contribution >= 0.6 is 0 Å². The number of benzene rings is 1. The molecular weight excluding hydrogens is 239 g/mol. The van der Waals surface area contributed by atoms with E-state index in [1.165, 1.54) is 6.07 Å². The Kier molecular flexibility index (Phi) is 5.03. The van der Waals surface area contributed by atoms with Crippen LogP contribution in [0.1, 0.15) is 20.3 Å². The lowest BCUT2D eigenvalue weighted by Gasteiger charge is -2.14. The summed E-state index contributed by atoms with van der Waals surface area (Å²) < 4.78 is 13.1. The SMILES string of the molecule is CC(C)CC(O)CNc1cc(F)cc([N+](=O)[O-])c1. The normalized spacial score (nSPS) is 12.5. The Hall–Kier alpha value is -1.69. The van der Waals surface area contributed by atoms with Gasteiger partial charge in [0.15, 0.2) is 0 Å². The maximum Gasteiger partial charge on any atom is 0.274 e. The summed E-state index contributed by atoms with van der Waals surface area (Å²) in [6.07, 6.45) is 0.0528. The molecule has 1 aromatic rings. The molecule has 0 saturated heterocycles. The van der Waals surface area contributed by atoms with E-state index in [4.69, 9.17) is 0 Å². The summed E-state index contributed by atoms with van der Waals surface area (Å²) in [6, 6.07) is 3.26. The minimum absolute atomic E-state index is 0.235. The van der Waals surface area contributed by atoms with E-state index in [2.05, 4.69) is 5.32 Å². The first-order chi connectivity index (χ1) is 8.38. The number of non-ortho nitro benzene ring substituents is 1. The lowest BCUT2D eigenvalue weighted by atomic mass is 10.1. The second kappa shape index (κ2) is 6.30. The van der Waals surface area contributed by atoms with Crippen LogP contribution in [-0.4, -0.2) is 22.7 Å². The van der Waals surface area contributed by atoms with Gasteiger partial charge in [-0.1, -0.05) is 13.8 Å². The summed E-state index contributed by atoms with van der Waals surface area (Å²) in [5, 5.41) is 23.0. The molecule has 0 saturated carbocycles. The first-order valence-corrected chi connectivity index (χ1v) is 5.75. The van der Waals surface area contributed by atoms with Crippen LogP contribution in [0.25, 0.3) is 0 Å². The molecule has 0 radical (unpaired) electrons. The van der Waals surface area contributed by atoms with E-state index in [1.807, 2.05) is 13.8 Å². The summed E-state index contributed by atoms with van der Waals surface area (Å²) in [5.41, 5.74) is -0.0136. The number of nitrogens with zero attached hydrogens (tertiary/aromatic N) is 1. The molecule has 18 heavy (non-hydrogen) atoms. The molecular formula is C12H17FN2O3. The molecule has 6 heteroatoms. The van der Waals surface area contributed by atoms with Crippen molar-refractivity contribution >= 4 is 11.4 Å². The first-order valence-electron chi connectivity index (χ1n) is 5.75. The fraction of sp³-hybridized carbons (Fsp3) is 0.500. The molecule has 0 spiro atoms. The zero-order valence-corrected chi connectivity index (χ0v) is 10.4. The van der Waals surface area contributed by atoms with Crippen molar-refractivity contribution in [3.8, 4) is 0 Å². The zero-order valence-electron chi connectivity index (χ0n) is 10.4. The highest BCUT2D eigenvalue weighted by atomic mass is 19.1. The van der Waals surface area contributed by atoms with Crippen molar-refractivity contribution in [2.75, 3.05) is 11.9 Å². The van der Waals surface area contributed by atoms with Gasteiger partial charge in [-0.2, -0.15) is 0 Å². The van der Waals surface area contributed by atoms with Crippen LogP contribution in [0, 0.1) is 21.8 Å². The van der Waals surface area contributed by atoms with Gasteiger partial charge in [-0.15, -0.1) is 0 Å². The second-order valence-electron chi connectivity index (χ2n) is 4.62. The maximum absolute atomic E-state index is 13.1. The third-order valence-electron chi connectivity index (χ3n) is 2.38. The maximum atomic E-state index is 13.1. The summed E-state index contributed by atoms with van der Waals surface area (Å²) >= 11 is 0. The van der Waals surface area contributed by atoms with E-state index in [-0.39, 0.29) is 12.2 Å². The Labute approximate surface area is 105 Å². The molecule has 0 fully saturated rings. The van der Waals surface area contributed by atoms with Crippen molar-refractivity contribution in [2.45, 2.75) is 26.4 Å². The lowest BCUT2D eigenvalue weighted by Crippen LogP contribution is -2.21. The molecule has 0 heterocycles. The average Bonchev–Trinajstić information content (AvgIpc) is 2.24. The van der Waals surface area contributed by atoms with E-state index < -0.39 is 16.8 Å². The van der Waals surface area contributed by atoms with Crippen LogP contribution in [-0.2, 0) is 0 Å². The van der Waals surface area contributed by atoms with Crippen molar-refractivity contribution in [1.82, 2.24) is 0 Å². The molecule has 1 atom stereocenters. The highest BCUT2D eigenvalue weighted by Crippen LogP contribution is 2.20. The first kappa shape index (κ1) is 14.4. The van der Waals surface area contributed by atoms with Crippen LogP contribution < -0.4 is 5.32 Å².